The molecular weight excluding hydrogens is 353 g/mol. The topological polar surface area (TPSA) is 137 Å². The Kier molecular flexibility index (Phi) is 5.00. The van der Waals surface area contributed by atoms with E-state index in [4.69, 9.17) is 17.3 Å². The number of aliphatic hydroxyl groups is 3. The maximum Gasteiger partial charge on any atom is 0.223 e. The first kappa shape index (κ1) is 17.7. The average molecular weight is 370 g/mol. The van der Waals surface area contributed by atoms with Crippen LogP contribution in [0.15, 0.2) is 18.3 Å². The molecule has 2 heterocycles. The molecule has 0 amide bonds. The van der Waals surface area contributed by atoms with Crippen LogP contribution in [0.5, 0.6) is 0 Å². The molecule has 0 aliphatic heterocycles. The van der Waals surface area contributed by atoms with E-state index in [1.54, 1.807) is 0 Å². The first-order valence-corrected chi connectivity index (χ1v) is 7.97. The van der Waals surface area contributed by atoms with Gasteiger partial charge in [0, 0.05) is 24.3 Å². The average Bonchev–Trinajstić information content (AvgIpc) is 2.84. The van der Waals surface area contributed by atoms with E-state index in [1.165, 1.54) is 18.3 Å². The summed E-state index contributed by atoms with van der Waals surface area (Å²) in [6, 6.07) is 2.05. The number of nitrogens with zero attached hydrogens (tertiary/aromatic N) is 3. The molecule has 0 radical (unpaired) electrons. The van der Waals surface area contributed by atoms with Crippen LogP contribution in [-0.4, -0.2) is 55.1 Å². The third-order valence-electron chi connectivity index (χ3n) is 4.26. The van der Waals surface area contributed by atoms with Crippen molar-refractivity contribution >= 4 is 23.4 Å². The highest BCUT2D eigenvalue weighted by atomic mass is 35.5. The SMILES string of the molecule is Nc1nc(Cl)c(-c2ccc(F)nc2)c(N[C@@H]2C[C@H](CO)[C@@H](O)[C@H]2O)n1. The van der Waals surface area contributed by atoms with Crippen molar-refractivity contribution in [2.75, 3.05) is 17.7 Å². The highest BCUT2D eigenvalue weighted by Crippen LogP contribution is 2.36. The van der Waals surface area contributed by atoms with Crippen LogP contribution in [0.1, 0.15) is 6.42 Å². The second kappa shape index (κ2) is 7.04. The minimum absolute atomic E-state index is 0.0372. The van der Waals surface area contributed by atoms with Gasteiger partial charge in [-0.15, -0.1) is 0 Å². The molecule has 1 fully saturated rings. The molecule has 8 nitrogen and oxygen atoms in total. The molecule has 0 spiro atoms. The lowest BCUT2D eigenvalue weighted by atomic mass is 10.1. The standard InChI is InChI=1S/C15H17ClFN5O3/c16-13-10(6-1-2-9(17)19-4-6)14(22-15(18)21-13)20-8-3-7(5-23)11(24)12(8)25/h1-2,4,7-8,11-12,23-25H,3,5H2,(H3,18,20,21,22)/t7-,8-,11-,12+/m1/s1. The summed E-state index contributed by atoms with van der Waals surface area (Å²) >= 11 is 6.17. The number of nitrogen functional groups attached to an aromatic ring is 1. The Labute approximate surface area is 147 Å². The van der Waals surface area contributed by atoms with Gasteiger partial charge in [0.05, 0.1) is 17.7 Å². The van der Waals surface area contributed by atoms with Crippen molar-refractivity contribution in [1.82, 2.24) is 15.0 Å². The largest absolute Gasteiger partial charge is 0.396 e. The molecule has 1 aliphatic rings. The summed E-state index contributed by atoms with van der Waals surface area (Å²) < 4.78 is 13.1. The first-order chi connectivity index (χ1) is 11.9. The summed E-state index contributed by atoms with van der Waals surface area (Å²) in [5.74, 6) is -0.970. The molecule has 134 valence electrons. The molecule has 0 bridgehead atoms. The Hall–Kier alpha value is -2.07. The van der Waals surface area contributed by atoms with Crippen molar-refractivity contribution in [2.45, 2.75) is 24.7 Å². The number of halogens is 2. The van der Waals surface area contributed by atoms with Gasteiger partial charge in [-0.2, -0.15) is 9.37 Å². The van der Waals surface area contributed by atoms with Crippen LogP contribution in [0.2, 0.25) is 5.15 Å². The van der Waals surface area contributed by atoms with Crippen molar-refractivity contribution in [3.63, 3.8) is 0 Å². The molecule has 0 aromatic carbocycles. The van der Waals surface area contributed by atoms with Gasteiger partial charge in [-0.25, -0.2) is 9.97 Å². The number of hydrogen-bond acceptors (Lipinski definition) is 8. The maximum absolute atomic E-state index is 13.1. The Morgan fingerprint density at radius 1 is 1.28 bits per heavy atom. The summed E-state index contributed by atoms with van der Waals surface area (Å²) in [7, 11) is 0. The normalized spacial score (nSPS) is 26.0. The fraction of sp³-hybridized carbons (Fsp3) is 0.400. The fourth-order valence-corrected chi connectivity index (χ4v) is 3.24. The zero-order valence-corrected chi connectivity index (χ0v) is 13.7. The Morgan fingerprint density at radius 2 is 2.04 bits per heavy atom. The van der Waals surface area contributed by atoms with Crippen molar-refractivity contribution in [2.24, 2.45) is 5.92 Å². The van der Waals surface area contributed by atoms with Gasteiger partial charge in [0.25, 0.3) is 0 Å². The van der Waals surface area contributed by atoms with Crippen molar-refractivity contribution in [3.05, 3.63) is 29.4 Å². The third kappa shape index (κ3) is 3.49. The van der Waals surface area contributed by atoms with Gasteiger partial charge < -0.3 is 26.4 Å². The molecule has 10 heteroatoms. The number of aliphatic hydroxyl groups excluding tert-OH is 3. The zero-order chi connectivity index (χ0) is 18.1. The summed E-state index contributed by atoms with van der Waals surface area (Å²) in [5.41, 5.74) is 6.45. The second-order valence-electron chi connectivity index (χ2n) is 5.88. The summed E-state index contributed by atoms with van der Waals surface area (Å²) in [4.78, 5) is 11.6. The monoisotopic (exact) mass is 369 g/mol. The van der Waals surface area contributed by atoms with Crippen LogP contribution in [0.3, 0.4) is 0 Å². The van der Waals surface area contributed by atoms with E-state index in [2.05, 4.69) is 20.3 Å². The van der Waals surface area contributed by atoms with E-state index in [0.29, 0.717) is 17.5 Å². The number of rotatable bonds is 4. The molecular formula is C15H17ClFN5O3. The lowest BCUT2D eigenvalue weighted by Gasteiger charge is -2.21. The highest BCUT2D eigenvalue weighted by Gasteiger charge is 2.41. The van der Waals surface area contributed by atoms with E-state index in [0.717, 1.165) is 0 Å². The van der Waals surface area contributed by atoms with Gasteiger partial charge in [0.1, 0.15) is 17.1 Å². The van der Waals surface area contributed by atoms with E-state index < -0.39 is 30.1 Å². The van der Waals surface area contributed by atoms with E-state index in [-0.39, 0.29) is 23.5 Å². The predicted molar refractivity (Wildman–Crippen MR) is 89.3 cm³/mol. The molecule has 6 N–H and O–H groups in total. The van der Waals surface area contributed by atoms with Gasteiger partial charge in [0.2, 0.25) is 11.9 Å². The van der Waals surface area contributed by atoms with Crippen LogP contribution in [-0.2, 0) is 0 Å². The van der Waals surface area contributed by atoms with Crippen LogP contribution >= 0.6 is 11.6 Å². The van der Waals surface area contributed by atoms with E-state index in [1.807, 2.05) is 0 Å². The second-order valence-corrected chi connectivity index (χ2v) is 6.23. The lowest BCUT2D eigenvalue weighted by Crippen LogP contribution is -2.35. The smallest absolute Gasteiger partial charge is 0.223 e. The summed E-state index contributed by atoms with van der Waals surface area (Å²) in [5, 5.41) is 32.4. The molecule has 1 aliphatic carbocycles. The number of nitrogens with two attached hydrogens (primary N) is 1. The van der Waals surface area contributed by atoms with Crippen molar-refractivity contribution in [3.8, 4) is 11.1 Å². The fourth-order valence-electron chi connectivity index (χ4n) is 2.96. The number of aromatic nitrogens is 3. The first-order valence-electron chi connectivity index (χ1n) is 7.59. The number of nitrogens with one attached hydrogen (secondary N) is 1. The van der Waals surface area contributed by atoms with Gasteiger partial charge in [-0.05, 0) is 18.6 Å². The van der Waals surface area contributed by atoms with Gasteiger partial charge in [-0.1, -0.05) is 11.6 Å². The molecule has 2 aromatic rings. The number of pyridine rings is 1. The number of anilines is 2. The summed E-state index contributed by atoms with van der Waals surface area (Å²) in [6.07, 6.45) is -0.571. The molecule has 1 saturated carbocycles. The van der Waals surface area contributed by atoms with Crippen molar-refractivity contribution in [1.29, 1.82) is 0 Å². The van der Waals surface area contributed by atoms with Gasteiger partial charge in [0.15, 0.2) is 0 Å². The van der Waals surface area contributed by atoms with Gasteiger partial charge in [-0.3, -0.25) is 0 Å². The van der Waals surface area contributed by atoms with Crippen molar-refractivity contribution < 1.29 is 19.7 Å². The molecule has 0 unspecified atom stereocenters. The van der Waals surface area contributed by atoms with Crippen LogP contribution in [0, 0.1) is 11.9 Å². The Bertz CT molecular complexity index is 764. The van der Waals surface area contributed by atoms with E-state index >= 15 is 0 Å². The Balaban J connectivity index is 1.97. The molecule has 2 aromatic heterocycles. The minimum atomic E-state index is -1.11. The van der Waals surface area contributed by atoms with Gasteiger partial charge >= 0.3 is 0 Å². The van der Waals surface area contributed by atoms with Crippen LogP contribution < -0.4 is 11.1 Å². The lowest BCUT2D eigenvalue weighted by molar-refractivity contribution is 0.00446. The maximum atomic E-state index is 13.1. The van der Waals surface area contributed by atoms with Crippen LogP contribution in [0.4, 0.5) is 16.2 Å². The Morgan fingerprint density at radius 3 is 2.64 bits per heavy atom. The summed E-state index contributed by atoms with van der Waals surface area (Å²) in [6.45, 7) is -0.252. The molecule has 25 heavy (non-hydrogen) atoms. The molecule has 4 atom stereocenters. The molecule has 3 rings (SSSR count). The quantitative estimate of drug-likeness (QED) is 0.386. The van der Waals surface area contributed by atoms with Crippen LogP contribution in [0.25, 0.3) is 11.1 Å². The number of hydrogen-bond donors (Lipinski definition) is 5. The minimum Gasteiger partial charge on any atom is -0.396 e. The molecule has 0 saturated heterocycles. The highest BCUT2D eigenvalue weighted by molar-refractivity contribution is 6.32. The zero-order valence-electron chi connectivity index (χ0n) is 13.0. The predicted octanol–water partition coefficient (Wildman–Crippen LogP) is 0.428. The third-order valence-corrected chi connectivity index (χ3v) is 4.53. The van der Waals surface area contributed by atoms with E-state index in [9.17, 15) is 19.7 Å².